The van der Waals surface area contributed by atoms with Crippen LogP contribution in [0.3, 0.4) is 0 Å². The van der Waals surface area contributed by atoms with Crippen molar-refractivity contribution in [3.63, 3.8) is 0 Å². The van der Waals surface area contributed by atoms with Crippen LogP contribution in [0.15, 0.2) is 30.3 Å². The lowest BCUT2D eigenvalue weighted by molar-refractivity contribution is -0.0582. The predicted molar refractivity (Wildman–Crippen MR) is 84.6 cm³/mol. The van der Waals surface area contributed by atoms with Gasteiger partial charge in [-0.2, -0.15) is 0 Å². The average Bonchev–Trinajstić information content (AvgIpc) is 2.43. The second kappa shape index (κ2) is 5.20. The summed E-state index contributed by atoms with van der Waals surface area (Å²) in [5.41, 5.74) is 2.32. The van der Waals surface area contributed by atoms with Gasteiger partial charge in [0, 0.05) is 0 Å². The van der Waals surface area contributed by atoms with Crippen LogP contribution >= 0.6 is 0 Å². The van der Waals surface area contributed by atoms with Gasteiger partial charge in [0.1, 0.15) is 0 Å². The van der Waals surface area contributed by atoms with Crippen molar-refractivity contribution in [2.45, 2.75) is 64.2 Å². The first kappa shape index (κ1) is 12.9. The average molecular weight is 268 g/mol. The summed E-state index contributed by atoms with van der Waals surface area (Å²) in [6, 6.07) is 11.0. The molecule has 0 saturated heterocycles. The predicted octanol–water partition coefficient (Wildman–Crippen LogP) is 5.62. The van der Waals surface area contributed by atoms with Crippen molar-refractivity contribution in [3.05, 3.63) is 35.9 Å². The summed E-state index contributed by atoms with van der Waals surface area (Å²) in [5.74, 6) is 3.36. The molecule has 0 heterocycles. The summed E-state index contributed by atoms with van der Waals surface area (Å²) in [7, 11) is 0. The Bertz CT molecular complexity index is 409. The van der Waals surface area contributed by atoms with Gasteiger partial charge in [-0.3, -0.25) is 0 Å². The number of hydrogen-bond acceptors (Lipinski definition) is 0. The molecule has 4 aliphatic rings. The molecule has 0 atom stereocenters. The fraction of sp³-hybridized carbons (Fsp3) is 0.700. The van der Waals surface area contributed by atoms with Gasteiger partial charge < -0.3 is 0 Å². The summed E-state index contributed by atoms with van der Waals surface area (Å²) in [6.45, 7) is 0. The van der Waals surface area contributed by atoms with Crippen LogP contribution in [0.5, 0.6) is 0 Å². The number of unbranched alkanes of at least 4 members (excludes halogenated alkanes) is 1. The van der Waals surface area contributed by atoms with Crippen molar-refractivity contribution in [2.75, 3.05) is 0 Å². The number of benzene rings is 1. The molecule has 0 amide bonds. The molecule has 1 aromatic carbocycles. The largest absolute Gasteiger partial charge is 0.0622 e. The van der Waals surface area contributed by atoms with Crippen LogP contribution in [-0.4, -0.2) is 0 Å². The maximum atomic E-state index is 2.28. The van der Waals surface area contributed by atoms with E-state index in [1.165, 1.54) is 31.2 Å². The second-order valence-corrected chi connectivity index (χ2v) is 8.11. The van der Waals surface area contributed by atoms with Gasteiger partial charge in [0.2, 0.25) is 0 Å². The molecule has 20 heavy (non-hydrogen) atoms. The molecule has 4 bridgehead atoms. The Morgan fingerprint density at radius 2 is 1.40 bits per heavy atom. The molecule has 0 aliphatic heterocycles. The smallest absolute Gasteiger partial charge is 0.0279 e. The van der Waals surface area contributed by atoms with Gasteiger partial charge in [0.25, 0.3) is 0 Å². The first-order chi connectivity index (χ1) is 9.81. The van der Waals surface area contributed by atoms with E-state index < -0.39 is 0 Å². The zero-order chi connectivity index (χ0) is 13.4. The summed E-state index contributed by atoms with van der Waals surface area (Å²) >= 11 is 0. The lowest BCUT2D eigenvalue weighted by atomic mass is 9.48. The summed E-state index contributed by atoms with van der Waals surface area (Å²) in [5, 5.41) is 0. The van der Waals surface area contributed by atoms with Gasteiger partial charge in [-0.15, -0.1) is 0 Å². The zero-order valence-corrected chi connectivity index (χ0v) is 12.7. The standard InChI is InChI=1S/C20H28/c1-2-6-16(7-3-1)8-4-5-9-20-13-17-10-18(14-20)12-19(11-17)15-20/h1-3,6-7,17-19H,4-5,8-15H2. The van der Waals surface area contributed by atoms with Crippen LogP contribution < -0.4 is 0 Å². The molecule has 4 fully saturated rings. The fourth-order valence-corrected chi connectivity index (χ4v) is 6.07. The molecule has 0 heteroatoms. The molecule has 1 aromatic rings. The van der Waals surface area contributed by atoms with Crippen molar-refractivity contribution in [1.29, 1.82) is 0 Å². The minimum Gasteiger partial charge on any atom is -0.0622 e. The zero-order valence-electron chi connectivity index (χ0n) is 12.7. The van der Waals surface area contributed by atoms with E-state index >= 15 is 0 Å². The molecular weight excluding hydrogens is 240 g/mol. The molecule has 0 unspecified atom stereocenters. The van der Waals surface area contributed by atoms with E-state index in [1.54, 1.807) is 38.5 Å². The van der Waals surface area contributed by atoms with Crippen molar-refractivity contribution in [2.24, 2.45) is 23.2 Å². The van der Waals surface area contributed by atoms with E-state index in [-0.39, 0.29) is 0 Å². The molecule has 0 nitrogen and oxygen atoms in total. The van der Waals surface area contributed by atoms with E-state index in [2.05, 4.69) is 30.3 Å². The molecule has 0 radical (unpaired) electrons. The van der Waals surface area contributed by atoms with E-state index in [4.69, 9.17) is 0 Å². The van der Waals surface area contributed by atoms with E-state index in [1.807, 2.05) is 0 Å². The lowest BCUT2D eigenvalue weighted by Crippen LogP contribution is -2.45. The molecule has 4 aliphatic carbocycles. The Kier molecular flexibility index (Phi) is 3.36. The minimum atomic E-state index is 0.797. The summed E-state index contributed by atoms with van der Waals surface area (Å²) < 4.78 is 0. The quantitative estimate of drug-likeness (QED) is 0.608. The highest BCUT2D eigenvalue weighted by Crippen LogP contribution is 2.61. The van der Waals surface area contributed by atoms with Gasteiger partial charge in [0.05, 0.1) is 0 Å². The topological polar surface area (TPSA) is 0 Å². The Morgan fingerprint density at radius 3 is 2.00 bits per heavy atom. The van der Waals surface area contributed by atoms with Crippen LogP contribution in [0.4, 0.5) is 0 Å². The molecule has 0 spiro atoms. The van der Waals surface area contributed by atoms with Crippen molar-refractivity contribution in [1.82, 2.24) is 0 Å². The van der Waals surface area contributed by atoms with Crippen LogP contribution in [-0.2, 0) is 6.42 Å². The monoisotopic (exact) mass is 268 g/mol. The molecule has 108 valence electrons. The van der Waals surface area contributed by atoms with Gasteiger partial charge >= 0.3 is 0 Å². The SMILES string of the molecule is c1ccc(CCCCC23CC4CC(CC(C4)C2)C3)cc1. The highest BCUT2D eigenvalue weighted by atomic mass is 14.5. The molecule has 0 N–H and O–H groups in total. The van der Waals surface area contributed by atoms with E-state index in [0.29, 0.717) is 0 Å². The molecule has 5 rings (SSSR count). The van der Waals surface area contributed by atoms with Crippen LogP contribution in [0.1, 0.15) is 63.4 Å². The summed E-state index contributed by atoms with van der Waals surface area (Å²) in [6.07, 6.45) is 15.2. The fourth-order valence-electron chi connectivity index (χ4n) is 6.07. The first-order valence-corrected chi connectivity index (χ1v) is 8.85. The molecule has 4 saturated carbocycles. The van der Waals surface area contributed by atoms with Crippen molar-refractivity contribution < 1.29 is 0 Å². The Labute approximate surface area is 124 Å². The van der Waals surface area contributed by atoms with Gasteiger partial charge in [-0.25, -0.2) is 0 Å². The van der Waals surface area contributed by atoms with Crippen LogP contribution in [0.25, 0.3) is 0 Å². The van der Waals surface area contributed by atoms with Gasteiger partial charge in [0.15, 0.2) is 0 Å². The van der Waals surface area contributed by atoms with E-state index in [9.17, 15) is 0 Å². The van der Waals surface area contributed by atoms with Crippen molar-refractivity contribution in [3.8, 4) is 0 Å². The maximum Gasteiger partial charge on any atom is -0.0279 e. The van der Waals surface area contributed by atoms with Crippen LogP contribution in [0, 0.1) is 23.2 Å². The normalized spacial score (nSPS) is 38.3. The first-order valence-electron chi connectivity index (χ1n) is 8.85. The Hall–Kier alpha value is -0.780. The Balaban J connectivity index is 1.29. The summed E-state index contributed by atoms with van der Waals surface area (Å²) in [4.78, 5) is 0. The Morgan fingerprint density at radius 1 is 0.800 bits per heavy atom. The minimum absolute atomic E-state index is 0.797. The third-order valence-electron chi connectivity index (χ3n) is 6.43. The lowest BCUT2D eigenvalue weighted by Gasteiger charge is -2.57. The van der Waals surface area contributed by atoms with Crippen molar-refractivity contribution >= 4 is 0 Å². The second-order valence-electron chi connectivity index (χ2n) is 8.11. The highest BCUT2D eigenvalue weighted by Gasteiger charge is 2.50. The maximum absolute atomic E-state index is 2.28. The number of hydrogen-bond donors (Lipinski definition) is 0. The van der Waals surface area contributed by atoms with Crippen LogP contribution in [0.2, 0.25) is 0 Å². The number of aryl methyl sites for hydroxylation is 1. The number of rotatable bonds is 5. The third-order valence-corrected chi connectivity index (χ3v) is 6.43. The van der Waals surface area contributed by atoms with E-state index in [0.717, 1.165) is 23.2 Å². The highest BCUT2D eigenvalue weighted by molar-refractivity contribution is 5.14. The third kappa shape index (κ3) is 2.54. The van der Waals surface area contributed by atoms with Gasteiger partial charge in [-0.05, 0) is 86.5 Å². The van der Waals surface area contributed by atoms with Gasteiger partial charge in [-0.1, -0.05) is 36.8 Å². The molecule has 0 aromatic heterocycles. The molecular formula is C20H28.